The fourth-order valence-corrected chi connectivity index (χ4v) is 2.43. The second-order valence-electron chi connectivity index (χ2n) is 4.51. The highest BCUT2D eigenvalue weighted by molar-refractivity contribution is 7.84. The second kappa shape index (κ2) is 8.25. The molecule has 4 N–H and O–H groups in total. The Hall–Kier alpha value is -2.09. The smallest absolute Gasteiger partial charge is 0.258 e. The maximum absolute atomic E-state index is 11.6. The van der Waals surface area contributed by atoms with E-state index in [-0.39, 0.29) is 24.4 Å². The highest BCUT2D eigenvalue weighted by atomic mass is 32.2. The predicted molar refractivity (Wildman–Crippen MR) is 81.0 cm³/mol. The van der Waals surface area contributed by atoms with E-state index in [1.165, 1.54) is 0 Å². The van der Waals surface area contributed by atoms with Crippen molar-refractivity contribution in [1.82, 2.24) is 5.32 Å². The van der Waals surface area contributed by atoms with E-state index in [0.717, 1.165) is 0 Å². The summed E-state index contributed by atoms with van der Waals surface area (Å²) >= 11 is 0. The molecule has 0 bridgehead atoms. The van der Waals surface area contributed by atoms with Gasteiger partial charge in [0.15, 0.2) is 12.4 Å². The van der Waals surface area contributed by atoms with E-state index in [0.29, 0.717) is 17.1 Å². The molecular formula is C13H19N3O4S. The summed E-state index contributed by atoms with van der Waals surface area (Å²) in [5, 5.41) is 14.1. The van der Waals surface area contributed by atoms with Crippen molar-refractivity contribution < 1.29 is 18.9 Å². The topological polar surface area (TPSA) is 114 Å². The Morgan fingerprint density at radius 2 is 2.10 bits per heavy atom. The van der Waals surface area contributed by atoms with Crippen LogP contribution in [-0.2, 0) is 15.6 Å². The molecule has 0 aliphatic carbocycles. The largest absolute Gasteiger partial charge is 0.484 e. The minimum absolute atomic E-state index is 0.000633. The fraction of sp³-hybridized carbons (Fsp3) is 0.385. The van der Waals surface area contributed by atoms with Crippen molar-refractivity contribution in [3.63, 3.8) is 0 Å². The quantitative estimate of drug-likeness (QED) is 0.285. The molecule has 2 unspecified atom stereocenters. The number of benzene rings is 1. The Kier molecular flexibility index (Phi) is 6.67. The van der Waals surface area contributed by atoms with Crippen molar-refractivity contribution in [3.8, 4) is 5.75 Å². The number of hydrogen-bond acceptors (Lipinski definition) is 5. The van der Waals surface area contributed by atoms with Gasteiger partial charge in [0.05, 0.1) is 0 Å². The molecule has 0 saturated carbocycles. The number of nitrogens with one attached hydrogen (secondary N) is 1. The standard InChI is InChI=1S/C13H19N3O4S/c1-9(8-21(2)19)15-12(17)7-20-11-5-3-10(4-6-11)13(14)16-18/h3-6,9,18H,7-8H2,1-2H3,(H2,14,16)(H,15,17). The van der Waals surface area contributed by atoms with Crippen LogP contribution in [0.15, 0.2) is 29.4 Å². The molecule has 1 aromatic carbocycles. The van der Waals surface area contributed by atoms with Gasteiger partial charge in [-0.1, -0.05) is 5.16 Å². The van der Waals surface area contributed by atoms with E-state index in [1.807, 2.05) is 0 Å². The van der Waals surface area contributed by atoms with Crippen LogP contribution in [0.25, 0.3) is 0 Å². The van der Waals surface area contributed by atoms with Gasteiger partial charge in [-0.15, -0.1) is 0 Å². The van der Waals surface area contributed by atoms with Crippen molar-refractivity contribution >= 4 is 22.5 Å². The molecular weight excluding hydrogens is 294 g/mol. The lowest BCUT2D eigenvalue weighted by atomic mass is 10.2. The van der Waals surface area contributed by atoms with E-state index >= 15 is 0 Å². The maximum Gasteiger partial charge on any atom is 0.258 e. The fourth-order valence-electron chi connectivity index (χ4n) is 1.64. The lowest BCUT2D eigenvalue weighted by Gasteiger charge is -2.13. The number of amides is 1. The zero-order chi connectivity index (χ0) is 15.8. The molecule has 21 heavy (non-hydrogen) atoms. The number of carbonyl (C=O) groups excluding carboxylic acids is 1. The molecule has 1 aromatic rings. The molecule has 1 amide bonds. The summed E-state index contributed by atoms with van der Waals surface area (Å²) in [5.74, 6) is 0.612. The monoisotopic (exact) mass is 313 g/mol. The van der Waals surface area contributed by atoms with Gasteiger partial charge in [-0.3, -0.25) is 9.00 Å². The van der Waals surface area contributed by atoms with E-state index < -0.39 is 10.8 Å². The summed E-state index contributed by atoms with van der Waals surface area (Å²) in [6.07, 6.45) is 1.59. The van der Waals surface area contributed by atoms with Gasteiger partial charge < -0.3 is 21.0 Å². The highest BCUT2D eigenvalue weighted by Gasteiger charge is 2.09. The van der Waals surface area contributed by atoms with E-state index in [2.05, 4.69) is 10.5 Å². The maximum atomic E-state index is 11.6. The first-order valence-corrected chi connectivity index (χ1v) is 7.95. The number of ether oxygens (including phenoxy) is 1. The molecule has 0 aromatic heterocycles. The third kappa shape index (κ3) is 6.26. The summed E-state index contributed by atoms with van der Waals surface area (Å²) in [6, 6.07) is 6.29. The summed E-state index contributed by atoms with van der Waals surface area (Å²) in [6.45, 7) is 1.65. The summed E-state index contributed by atoms with van der Waals surface area (Å²) in [7, 11) is -0.959. The van der Waals surface area contributed by atoms with Crippen molar-refractivity contribution in [1.29, 1.82) is 0 Å². The molecule has 0 saturated heterocycles. The van der Waals surface area contributed by atoms with Crippen molar-refractivity contribution in [2.24, 2.45) is 10.9 Å². The van der Waals surface area contributed by atoms with Crippen LogP contribution in [0.2, 0.25) is 0 Å². The number of nitrogens with zero attached hydrogens (tertiary/aromatic N) is 1. The van der Waals surface area contributed by atoms with Gasteiger partial charge in [-0.25, -0.2) is 0 Å². The third-order valence-corrected chi connectivity index (χ3v) is 3.49. The van der Waals surface area contributed by atoms with Crippen LogP contribution in [0, 0.1) is 0 Å². The Labute approximate surface area is 125 Å². The van der Waals surface area contributed by atoms with E-state index in [9.17, 15) is 9.00 Å². The Bertz CT molecular complexity index is 531. The van der Waals surface area contributed by atoms with Gasteiger partial charge in [0.1, 0.15) is 5.75 Å². The molecule has 1 rings (SSSR count). The van der Waals surface area contributed by atoms with Crippen LogP contribution in [0.4, 0.5) is 0 Å². The third-order valence-electron chi connectivity index (χ3n) is 2.52. The molecule has 7 nitrogen and oxygen atoms in total. The lowest BCUT2D eigenvalue weighted by Crippen LogP contribution is -2.39. The molecule has 2 atom stereocenters. The van der Waals surface area contributed by atoms with E-state index in [4.69, 9.17) is 15.7 Å². The number of amidine groups is 1. The molecule has 116 valence electrons. The number of nitrogens with two attached hydrogens (primary N) is 1. The van der Waals surface area contributed by atoms with Crippen LogP contribution < -0.4 is 15.8 Å². The molecule has 0 radical (unpaired) electrons. The van der Waals surface area contributed by atoms with Gasteiger partial charge in [-0.2, -0.15) is 0 Å². The van der Waals surface area contributed by atoms with Crippen LogP contribution >= 0.6 is 0 Å². The molecule has 0 aliphatic rings. The zero-order valence-corrected chi connectivity index (χ0v) is 12.7. The summed E-state index contributed by atoms with van der Waals surface area (Å²) < 4.78 is 16.3. The van der Waals surface area contributed by atoms with Crippen LogP contribution in [0.5, 0.6) is 5.75 Å². The Morgan fingerprint density at radius 1 is 1.48 bits per heavy atom. The first-order valence-electron chi connectivity index (χ1n) is 6.22. The van der Waals surface area contributed by atoms with Crippen molar-refractivity contribution in [2.45, 2.75) is 13.0 Å². The van der Waals surface area contributed by atoms with Crippen molar-refractivity contribution in [3.05, 3.63) is 29.8 Å². The molecule has 8 heteroatoms. The second-order valence-corrected chi connectivity index (χ2v) is 5.99. The predicted octanol–water partition coefficient (Wildman–Crippen LogP) is 0.0431. The van der Waals surface area contributed by atoms with Crippen LogP contribution in [-0.4, -0.2) is 45.8 Å². The first kappa shape index (κ1) is 17.0. The average Bonchev–Trinajstić information content (AvgIpc) is 2.43. The molecule has 0 heterocycles. The molecule has 0 aliphatic heterocycles. The first-order chi connectivity index (χ1) is 9.92. The minimum Gasteiger partial charge on any atom is -0.484 e. The minimum atomic E-state index is -0.959. The van der Waals surface area contributed by atoms with Gasteiger partial charge in [0, 0.05) is 34.4 Å². The Balaban J connectivity index is 2.44. The Morgan fingerprint density at radius 3 is 2.62 bits per heavy atom. The lowest BCUT2D eigenvalue weighted by molar-refractivity contribution is -0.123. The number of oxime groups is 1. The molecule has 0 spiro atoms. The SMILES string of the molecule is CC(CS(C)=O)NC(=O)COc1ccc(/C(N)=N/O)cc1. The number of hydrogen-bond donors (Lipinski definition) is 3. The van der Waals surface area contributed by atoms with Gasteiger partial charge in [0.2, 0.25) is 0 Å². The number of carbonyl (C=O) groups is 1. The number of rotatable bonds is 7. The van der Waals surface area contributed by atoms with Gasteiger partial charge in [0.25, 0.3) is 5.91 Å². The normalized spacial score (nSPS) is 14.3. The van der Waals surface area contributed by atoms with Crippen LogP contribution in [0.3, 0.4) is 0 Å². The van der Waals surface area contributed by atoms with Gasteiger partial charge >= 0.3 is 0 Å². The van der Waals surface area contributed by atoms with E-state index in [1.54, 1.807) is 37.4 Å². The average molecular weight is 313 g/mol. The van der Waals surface area contributed by atoms with Crippen molar-refractivity contribution in [2.75, 3.05) is 18.6 Å². The summed E-state index contributed by atoms with van der Waals surface area (Å²) in [5.41, 5.74) is 5.98. The van der Waals surface area contributed by atoms with Gasteiger partial charge in [-0.05, 0) is 31.2 Å². The highest BCUT2D eigenvalue weighted by Crippen LogP contribution is 2.11. The zero-order valence-electron chi connectivity index (χ0n) is 11.9. The molecule has 0 fully saturated rings. The van der Waals surface area contributed by atoms with Crippen LogP contribution in [0.1, 0.15) is 12.5 Å². The summed E-state index contributed by atoms with van der Waals surface area (Å²) in [4.78, 5) is 11.6.